The van der Waals surface area contributed by atoms with Gasteiger partial charge in [-0.05, 0) is 11.8 Å². The Morgan fingerprint density at radius 3 is 2.54 bits per heavy atom. The van der Waals surface area contributed by atoms with Crippen LogP contribution in [0.3, 0.4) is 0 Å². The van der Waals surface area contributed by atoms with Crippen LogP contribution in [-0.2, 0) is 9.47 Å². The quantitative estimate of drug-likeness (QED) is 0.724. The molecule has 0 amide bonds. The molecule has 3 heteroatoms. The Morgan fingerprint density at radius 2 is 2.08 bits per heavy atom. The van der Waals surface area contributed by atoms with E-state index in [1.54, 1.807) is 0 Å². The maximum atomic E-state index is 8.82. The molecule has 0 radical (unpaired) electrons. The third-order valence-corrected chi connectivity index (χ3v) is 2.72. The minimum absolute atomic E-state index is 0.0621. The molecule has 0 saturated carbocycles. The number of aliphatic hydroxyl groups excluding tert-OH is 1. The largest absolute Gasteiger partial charge is 0.394 e. The summed E-state index contributed by atoms with van der Waals surface area (Å²) in [5, 5.41) is 8.82. The van der Waals surface area contributed by atoms with Gasteiger partial charge in [-0.15, -0.1) is 0 Å². The fourth-order valence-electron chi connectivity index (χ4n) is 1.30. The Labute approximate surface area is 80.0 Å². The molecule has 1 aliphatic rings. The molecule has 0 aromatic rings. The summed E-state index contributed by atoms with van der Waals surface area (Å²) in [4.78, 5) is 0. The van der Waals surface area contributed by atoms with E-state index in [0.717, 1.165) is 6.42 Å². The Bertz CT molecular complexity index is 147. The molecule has 0 spiro atoms. The maximum absolute atomic E-state index is 8.82. The molecule has 1 rings (SSSR count). The van der Waals surface area contributed by atoms with Gasteiger partial charge in [0.15, 0.2) is 6.29 Å². The van der Waals surface area contributed by atoms with Crippen molar-refractivity contribution in [2.24, 2.45) is 11.8 Å². The zero-order valence-electron chi connectivity index (χ0n) is 8.69. The summed E-state index contributed by atoms with van der Waals surface area (Å²) in [6.07, 6.45) is 0.715. The third kappa shape index (κ3) is 3.25. The summed E-state index contributed by atoms with van der Waals surface area (Å²) in [5.41, 5.74) is 0. The standard InChI is InChI=1S/C10H20O3/c1-7(2)8(3)4-10-12-6-9(5-11)13-10/h7-11H,4-6H2,1-3H3. The molecule has 3 nitrogen and oxygen atoms in total. The fourth-order valence-corrected chi connectivity index (χ4v) is 1.30. The molecule has 0 bridgehead atoms. The summed E-state index contributed by atoms with van der Waals surface area (Å²) in [5.74, 6) is 1.25. The van der Waals surface area contributed by atoms with Crippen molar-refractivity contribution in [2.75, 3.05) is 13.2 Å². The van der Waals surface area contributed by atoms with E-state index in [1.165, 1.54) is 0 Å². The van der Waals surface area contributed by atoms with Crippen molar-refractivity contribution in [2.45, 2.75) is 39.6 Å². The average molecular weight is 188 g/mol. The van der Waals surface area contributed by atoms with Crippen LogP contribution < -0.4 is 0 Å². The van der Waals surface area contributed by atoms with Gasteiger partial charge in [0.05, 0.1) is 13.2 Å². The van der Waals surface area contributed by atoms with Gasteiger partial charge in [0, 0.05) is 6.42 Å². The van der Waals surface area contributed by atoms with Crippen LogP contribution in [0.25, 0.3) is 0 Å². The second kappa shape index (κ2) is 4.94. The van der Waals surface area contributed by atoms with Crippen LogP contribution in [0.4, 0.5) is 0 Å². The van der Waals surface area contributed by atoms with Gasteiger partial charge in [-0.1, -0.05) is 20.8 Å². The van der Waals surface area contributed by atoms with E-state index < -0.39 is 0 Å². The number of hydrogen-bond acceptors (Lipinski definition) is 3. The van der Waals surface area contributed by atoms with Crippen LogP contribution in [0.15, 0.2) is 0 Å². The topological polar surface area (TPSA) is 38.7 Å². The van der Waals surface area contributed by atoms with Crippen molar-refractivity contribution in [3.05, 3.63) is 0 Å². The molecule has 3 unspecified atom stereocenters. The van der Waals surface area contributed by atoms with Gasteiger partial charge in [-0.2, -0.15) is 0 Å². The van der Waals surface area contributed by atoms with Crippen LogP contribution in [0.5, 0.6) is 0 Å². The molecular weight excluding hydrogens is 168 g/mol. The smallest absolute Gasteiger partial charge is 0.158 e. The second-order valence-corrected chi connectivity index (χ2v) is 4.16. The molecule has 1 N–H and O–H groups in total. The Kier molecular flexibility index (Phi) is 4.16. The Morgan fingerprint density at radius 1 is 1.38 bits per heavy atom. The zero-order chi connectivity index (χ0) is 9.84. The molecule has 3 atom stereocenters. The molecule has 0 aliphatic carbocycles. The number of ether oxygens (including phenoxy) is 2. The first-order valence-corrected chi connectivity index (χ1v) is 5.01. The molecule has 1 saturated heterocycles. The van der Waals surface area contributed by atoms with E-state index in [1.807, 2.05) is 0 Å². The first-order chi connectivity index (χ1) is 6.13. The van der Waals surface area contributed by atoms with Crippen molar-refractivity contribution in [3.8, 4) is 0 Å². The van der Waals surface area contributed by atoms with E-state index in [9.17, 15) is 0 Å². The lowest BCUT2D eigenvalue weighted by Gasteiger charge is -2.19. The highest BCUT2D eigenvalue weighted by molar-refractivity contribution is 4.67. The summed E-state index contributed by atoms with van der Waals surface area (Å²) in [6.45, 7) is 7.19. The van der Waals surface area contributed by atoms with Crippen molar-refractivity contribution < 1.29 is 14.6 Å². The highest BCUT2D eigenvalue weighted by Gasteiger charge is 2.27. The maximum Gasteiger partial charge on any atom is 0.158 e. The molecule has 0 aromatic heterocycles. The van der Waals surface area contributed by atoms with Crippen LogP contribution in [0.1, 0.15) is 27.2 Å². The number of rotatable bonds is 4. The van der Waals surface area contributed by atoms with E-state index in [4.69, 9.17) is 14.6 Å². The van der Waals surface area contributed by atoms with Gasteiger partial charge in [-0.25, -0.2) is 0 Å². The number of aliphatic hydroxyl groups is 1. The number of hydrogen-bond donors (Lipinski definition) is 1. The Hall–Kier alpha value is -0.120. The van der Waals surface area contributed by atoms with Crippen LogP contribution in [-0.4, -0.2) is 30.7 Å². The van der Waals surface area contributed by atoms with E-state index in [-0.39, 0.29) is 19.0 Å². The van der Waals surface area contributed by atoms with Crippen molar-refractivity contribution in [1.29, 1.82) is 0 Å². The van der Waals surface area contributed by atoms with Crippen LogP contribution in [0, 0.1) is 11.8 Å². The van der Waals surface area contributed by atoms with Crippen molar-refractivity contribution in [1.82, 2.24) is 0 Å². The summed E-state index contributed by atoms with van der Waals surface area (Å²) >= 11 is 0. The van der Waals surface area contributed by atoms with Gasteiger partial charge in [0.25, 0.3) is 0 Å². The minimum atomic E-state index is -0.107. The van der Waals surface area contributed by atoms with Gasteiger partial charge >= 0.3 is 0 Å². The van der Waals surface area contributed by atoms with Crippen molar-refractivity contribution >= 4 is 0 Å². The summed E-state index contributed by atoms with van der Waals surface area (Å²) in [6, 6.07) is 0. The SMILES string of the molecule is CC(C)C(C)CC1OCC(CO)O1. The fraction of sp³-hybridized carbons (Fsp3) is 1.00. The normalized spacial score (nSPS) is 31.2. The van der Waals surface area contributed by atoms with Crippen LogP contribution in [0.2, 0.25) is 0 Å². The lowest BCUT2D eigenvalue weighted by Crippen LogP contribution is -2.19. The predicted molar refractivity (Wildman–Crippen MR) is 50.3 cm³/mol. The van der Waals surface area contributed by atoms with Crippen molar-refractivity contribution in [3.63, 3.8) is 0 Å². The second-order valence-electron chi connectivity index (χ2n) is 4.16. The molecule has 1 fully saturated rings. The lowest BCUT2D eigenvalue weighted by atomic mass is 9.95. The van der Waals surface area contributed by atoms with Gasteiger partial charge < -0.3 is 14.6 Å². The summed E-state index contributed by atoms with van der Waals surface area (Å²) < 4.78 is 10.9. The highest BCUT2D eigenvalue weighted by atomic mass is 16.7. The molecular formula is C10H20O3. The van der Waals surface area contributed by atoms with Crippen LogP contribution >= 0.6 is 0 Å². The van der Waals surface area contributed by atoms with Gasteiger partial charge in [0.1, 0.15) is 6.10 Å². The zero-order valence-corrected chi connectivity index (χ0v) is 8.69. The Balaban J connectivity index is 2.23. The first-order valence-electron chi connectivity index (χ1n) is 5.01. The average Bonchev–Trinajstić information content (AvgIpc) is 2.52. The molecule has 0 aromatic carbocycles. The summed E-state index contributed by atoms with van der Waals surface area (Å²) in [7, 11) is 0. The highest BCUT2D eigenvalue weighted by Crippen LogP contribution is 2.22. The van der Waals surface area contributed by atoms with E-state index in [0.29, 0.717) is 18.4 Å². The molecule has 1 aliphatic heterocycles. The molecule has 1 heterocycles. The molecule has 13 heavy (non-hydrogen) atoms. The van der Waals surface area contributed by atoms with Gasteiger partial charge in [-0.3, -0.25) is 0 Å². The monoisotopic (exact) mass is 188 g/mol. The van der Waals surface area contributed by atoms with E-state index in [2.05, 4.69) is 20.8 Å². The van der Waals surface area contributed by atoms with E-state index >= 15 is 0 Å². The lowest BCUT2D eigenvalue weighted by molar-refractivity contribution is -0.0794. The third-order valence-electron chi connectivity index (χ3n) is 2.72. The minimum Gasteiger partial charge on any atom is -0.394 e. The van der Waals surface area contributed by atoms with Gasteiger partial charge in [0.2, 0.25) is 0 Å². The predicted octanol–water partition coefficient (Wildman–Crippen LogP) is 1.40. The molecule has 78 valence electrons. The first kappa shape index (κ1) is 11.0.